The summed E-state index contributed by atoms with van der Waals surface area (Å²) in [6, 6.07) is 7.68. The molecule has 0 unspecified atom stereocenters. The molecule has 1 aromatic rings. The van der Waals surface area contributed by atoms with Gasteiger partial charge in [-0.15, -0.1) is 0 Å². The van der Waals surface area contributed by atoms with Crippen LogP contribution in [0.5, 0.6) is 0 Å². The summed E-state index contributed by atoms with van der Waals surface area (Å²) < 4.78 is 0. The lowest BCUT2D eigenvalue weighted by Crippen LogP contribution is -2.03. The van der Waals surface area contributed by atoms with E-state index >= 15 is 0 Å². The summed E-state index contributed by atoms with van der Waals surface area (Å²) >= 11 is 0.886. The third kappa shape index (κ3) is 2.38. The summed E-state index contributed by atoms with van der Waals surface area (Å²) in [6.07, 6.45) is 1.70. The van der Waals surface area contributed by atoms with Crippen LogP contribution < -0.4 is 0 Å². The van der Waals surface area contributed by atoms with Gasteiger partial charge in [-0.05, 0) is 37.2 Å². The number of aliphatic hydroxyl groups excluding tert-OH is 1. The largest absolute Gasteiger partial charge is 0.506 e. The van der Waals surface area contributed by atoms with E-state index in [0.29, 0.717) is 4.91 Å². The molecule has 1 aliphatic heterocycles. The van der Waals surface area contributed by atoms with Crippen molar-refractivity contribution < 1.29 is 14.7 Å². The molecule has 0 atom stereocenters. The number of ketones is 1. The predicted molar refractivity (Wildman–Crippen MR) is 72.1 cm³/mol. The summed E-state index contributed by atoms with van der Waals surface area (Å²) in [5, 5.41) is 9.46. The summed E-state index contributed by atoms with van der Waals surface area (Å²) in [5.41, 5.74) is 1.90. The third-order valence-electron chi connectivity index (χ3n) is 2.60. The van der Waals surface area contributed by atoms with Crippen molar-refractivity contribution in [2.24, 2.45) is 0 Å². The van der Waals surface area contributed by atoms with Gasteiger partial charge in [0, 0.05) is 0 Å². The molecular formula is C14H12O3S. The SMILES string of the molecule is CC(=O)C1=C(O)/C(=C/c2ccc(C)cc2)SC1=O. The summed E-state index contributed by atoms with van der Waals surface area (Å²) in [7, 11) is 0. The number of benzene rings is 1. The number of aryl methyl sites for hydroxylation is 1. The third-order valence-corrected chi connectivity index (χ3v) is 3.52. The Morgan fingerprint density at radius 1 is 1.28 bits per heavy atom. The fourth-order valence-corrected chi connectivity index (χ4v) is 2.58. The first kappa shape index (κ1) is 12.6. The lowest BCUT2D eigenvalue weighted by molar-refractivity contribution is -0.116. The first-order chi connectivity index (χ1) is 8.49. The normalized spacial score (nSPS) is 17.7. The fourth-order valence-electron chi connectivity index (χ4n) is 1.64. The van der Waals surface area contributed by atoms with E-state index in [4.69, 9.17) is 0 Å². The molecule has 1 aromatic carbocycles. The Morgan fingerprint density at radius 3 is 2.39 bits per heavy atom. The van der Waals surface area contributed by atoms with Crippen molar-refractivity contribution in [3.63, 3.8) is 0 Å². The van der Waals surface area contributed by atoms with Gasteiger partial charge >= 0.3 is 0 Å². The first-order valence-electron chi connectivity index (χ1n) is 5.44. The van der Waals surface area contributed by atoms with Crippen molar-refractivity contribution in [2.75, 3.05) is 0 Å². The fraction of sp³-hybridized carbons (Fsp3) is 0.143. The van der Waals surface area contributed by atoms with E-state index in [1.165, 1.54) is 6.92 Å². The van der Waals surface area contributed by atoms with Gasteiger partial charge in [-0.3, -0.25) is 9.59 Å². The van der Waals surface area contributed by atoms with Crippen LogP contribution in [0.2, 0.25) is 0 Å². The average Bonchev–Trinajstić information content (AvgIpc) is 2.57. The lowest BCUT2D eigenvalue weighted by atomic mass is 10.1. The van der Waals surface area contributed by atoms with Gasteiger partial charge in [0.15, 0.2) is 5.78 Å². The van der Waals surface area contributed by atoms with Crippen molar-refractivity contribution in [3.8, 4) is 0 Å². The number of aliphatic hydroxyl groups is 1. The van der Waals surface area contributed by atoms with Crippen molar-refractivity contribution >= 4 is 28.7 Å². The van der Waals surface area contributed by atoms with E-state index in [1.54, 1.807) is 6.08 Å². The van der Waals surface area contributed by atoms with E-state index in [0.717, 1.165) is 22.9 Å². The van der Waals surface area contributed by atoms with Gasteiger partial charge < -0.3 is 5.11 Å². The van der Waals surface area contributed by atoms with Crippen LogP contribution in [0.3, 0.4) is 0 Å². The van der Waals surface area contributed by atoms with Crippen LogP contribution in [-0.4, -0.2) is 16.0 Å². The minimum absolute atomic E-state index is 0.113. The molecular weight excluding hydrogens is 248 g/mol. The molecule has 1 aliphatic rings. The quantitative estimate of drug-likeness (QED) is 0.830. The maximum atomic E-state index is 11.6. The van der Waals surface area contributed by atoms with Crippen LogP contribution in [0, 0.1) is 6.92 Å². The van der Waals surface area contributed by atoms with Crippen molar-refractivity contribution in [1.29, 1.82) is 0 Å². The van der Waals surface area contributed by atoms with Crippen LogP contribution in [-0.2, 0) is 9.59 Å². The predicted octanol–water partition coefficient (Wildman–Crippen LogP) is 3.01. The molecule has 0 radical (unpaired) electrons. The highest BCUT2D eigenvalue weighted by atomic mass is 32.2. The molecule has 0 aliphatic carbocycles. The second-order valence-corrected chi connectivity index (χ2v) is 5.10. The average molecular weight is 260 g/mol. The van der Waals surface area contributed by atoms with Crippen molar-refractivity contribution in [3.05, 3.63) is 51.6 Å². The van der Waals surface area contributed by atoms with Gasteiger partial charge in [-0.1, -0.05) is 29.8 Å². The number of hydrogen-bond donors (Lipinski definition) is 1. The standard InChI is InChI=1S/C14H12O3S/c1-8-3-5-10(6-4-8)7-11-13(16)12(9(2)15)14(17)18-11/h3-7,16H,1-2H3/b11-7-. The van der Waals surface area contributed by atoms with Crippen LogP contribution in [0.4, 0.5) is 0 Å². The Kier molecular flexibility index (Phi) is 3.39. The number of thioether (sulfide) groups is 1. The second-order valence-electron chi connectivity index (χ2n) is 4.09. The van der Waals surface area contributed by atoms with Crippen molar-refractivity contribution in [1.82, 2.24) is 0 Å². The summed E-state index contributed by atoms with van der Waals surface area (Å²) in [5.74, 6) is -0.615. The Morgan fingerprint density at radius 2 is 1.89 bits per heavy atom. The second kappa shape index (κ2) is 4.82. The van der Waals surface area contributed by atoms with E-state index < -0.39 is 10.9 Å². The van der Waals surface area contributed by atoms with Crippen LogP contribution in [0.25, 0.3) is 6.08 Å². The van der Waals surface area contributed by atoms with E-state index in [-0.39, 0.29) is 11.3 Å². The molecule has 1 heterocycles. The molecule has 18 heavy (non-hydrogen) atoms. The number of rotatable bonds is 2. The van der Waals surface area contributed by atoms with Gasteiger partial charge in [0.05, 0.1) is 4.91 Å². The van der Waals surface area contributed by atoms with Gasteiger partial charge in [0.25, 0.3) is 0 Å². The Balaban J connectivity index is 2.39. The van der Waals surface area contributed by atoms with Crippen LogP contribution in [0.15, 0.2) is 40.5 Å². The Labute approximate surface area is 109 Å². The first-order valence-corrected chi connectivity index (χ1v) is 6.26. The zero-order valence-corrected chi connectivity index (χ0v) is 10.9. The highest BCUT2D eigenvalue weighted by Crippen LogP contribution is 2.37. The molecule has 0 spiro atoms. The molecule has 92 valence electrons. The number of hydrogen-bond acceptors (Lipinski definition) is 4. The Hall–Kier alpha value is -1.81. The molecule has 0 amide bonds. The molecule has 0 saturated carbocycles. The van der Waals surface area contributed by atoms with Crippen LogP contribution in [0.1, 0.15) is 18.1 Å². The topological polar surface area (TPSA) is 54.4 Å². The van der Waals surface area contributed by atoms with E-state index in [1.807, 2.05) is 31.2 Å². The van der Waals surface area contributed by atoms with Gasteiger partial charge in [0.1, 0.15) is 11.3 Å². The zero-order chi connectivity index (χ0) is 13.3. The molecule has 0 aromatic heterocycles. The molecule has 4 heteroatoms. The summed E-state index contributed by atoms with van der Waals surface area (Å²) in [4.78, 5) is 23.2. The molecule has 0 bridgehead atoms. The van der Waals surface area contributed by atoms with Crippen LogP contribution >= 0.6 is 11.8 Å². The van der Waals surface area contributed by atoms with Gasteiger partial charge in [0.2, 0.25) is 5.12 Å². The molecule has 2 rings (SSSR count). The monoisotopic (exact) mass is 260 g/mol. The minimum atomic E-state index is -0.405. The smallest absolute Gasteiger partial charge is 0.231 e. The van der Waals surface area contributed by atoms with E-state index in [2.05, 4.69) is 0 Å². The maximum Gasteiger partial charge on any atom is 0.231 e. The molecule has 3 nitrogen and oxygen atoms in total. The minimum Gasteiger partial charge on any atom is -0.506 e. The maximum absolute atomic E-state index is 11.6. The number of Topliss-reactive ketones (excluding diaryl/α,β-unsaturated/α-hetero) is 1. The molecule has 0 saturated heterocycles. The summed E-state index contributed by atoms with van der Waals surface area (Å²) in [6.45, 7) is 3.26. The zero-order valence-electron chi connectivity index (χ0n) is 10.1. The molecule has 0 fully saturated rings. The van der Waals surface area contributed by atoms with E-state index in [9.17, 15) is 14.7 Å². The van der Waals surface area contributed by atoms with Gasteiger partial charge in [-0.2, -0.15) is 0 Å². The highest BCUT2D eigenvalue weighted by molar-refractivity contribution is 8.18. The van der Waals surface area contributed by atoms with Crippen molar-refractivity contribution in [2.45, 2.75) is 13.8 Å². The number of carbonyl (C=O) groups is 2. The Bertz CT molecular complexity index is 580. The number of carbonyl (C=O) groups excluding carboxylic acids is 2. The highest BCUT2D eigenvalue weighted by Gasteiger charge is 2.31. The lowest BCUT2D eigenvalue weighted by Gasteiger charge is -1.98. The van der Waals surface area contributed by atoms with Gasteiger partial charge in [-0.25, -0.2) is 0 Å². The molecule has 1 N–H and O–H groups in total.